The molecule has 0 bridgehead atoms. The van der Waals surface area contributed by atoms with Gasteiger partial charge in [-0.15, -0.1) is 11.3 Å². The number of thiophene rings is 1. The lowest BCUT2D eigenvalue weighted by atomic mass is 10.1. The number of nitrogens with one attached hydrogen (secondary N) is 1. The van der Waals surface area contributed by atoms with Crippen molar-refractivity contribution in [2.75, 3.05) is 11.9 Å². The molecule has 0 spiro atoms. The third-order valence-corrected chi connectivity index (χ3v) is 6.64. The van der Waals surface area contributed by atoms with Gasteiger partial charge >= 0.3 is 11.9 Å². The van der Waals surface area contributed by atoms with E-state index in [0.717, 1.165) is 23.3 Å². The lowest BCUT2D eigenvalue weighted by Crippen LogP contribution is -2.33. The summed E-state index contributed by atoms with van der Waals surface area (Å²) in [5.74, 6) is -0.495. The van der Waals surface area contributed by atoms with Gasteiger partial charge in [-0.05, 0) is 55.7 Å². The van der Waals surface area contributed by atoms with E-state index in [2.05, 4.69) is 5.32 Å². The summed E-state index contributed by atoms with van der Waals surface area (Å²) in [6.07, 6.45) is 2.20. The first kappa shape index (κ1) is 25.9. The summed E-state index contributed by atoms with van der Waals surface area (Å²) in [6, 6.07) is 14.3. The molecular formula is C26H28N2O6S. The van der Waals surface area contributed by atoms with Gasteiger partial charge in [0.2, 0.25) is 0 Å². The van der Waals surface area contributed by atoms with E-state index in [0.29, 0.717) is 28.3 Å². The molecule has 0 aliphatic rings. The Morgan fingerprint density at radius 1 is 1.09 bits per heavy atom. The highest BCUT2D eigenvalue weighted by atomic mass is 32.1. The Kier molecular flexibility index (Phi) is 8.97. The number of non-ortho nitro benzene ring substituents is 1. The number of esters is 2. The summed E-state index contributed by atoms with van der Waals surface area (Å²) >= 11 is 1.30. The smallest absolute Gasteiger partial charge is 0.341 e. The van der Waals surface area contributed by atoms with Gasteiger partial charge in [0.25, 0.3) is 5.69 Å². The number of hydrogen-bond acceptors (Lipinski definition) is 8. The minimum Gasteiger partial charge on any atom is -0.462 e. The van der Waals surface area contributed by atoms with Gasteiger partial charge in [-0.25, -0.2) is 9.59 Å². The molecule has 1 unspecified atom stereocenters. The van der Waals surface area contributed by atoms with E-state index >= 15 is 0 Å². The summed E-state index contributed by atoms with van der Waals surface area (Å²) < 4.78 is 10.9. The van der Waals surface area contributed by atoms with E-state index in [9.17, 15) is 19.7 Å². The van der Waals surface area contributed by atoms with Crippen LogP contribution in [0, 0.1) is 17.0 Å². The third kappa shape index (κ3) is 6.45. The summed E-state index contributed by atoms with van der Waals surface area (Å²) in [5, 5.41) is 14.8. The number of nitro groups is 1. The Morgan fingerprint density at radius 2 is 1.77 bits per heavy atom. The average molecular weight is 497 g/mol. The fourth-order valence-corrected chi connectivity index (χ4v) is 4.82. The molecule has 0 amide bonds. The van der Waals surface area contributed by atoms with Crippen molar-refractivity contribution < 1.29 is 24.0 Å². The average Bonchev–Trinajstić information content (AvgIpc) is 3.18. The second-order valence-corrected chi connectivity index (χ2v) is 8.88. The predicted octanol–water partition coefficient (Wildman–Crippen LogP) is 6.38. The van der Waals surface area contributed by atoms with E-state index in [4.69, 9.17) is 9.47 Å². The minimum atomic E-state index is -0.675. The van der Waals surface area contributed by atoms with Gasteiger partial charge in [-0.2, -0.15) is 0 Å². The highest BCUT2D eigenvalue weighted by Gasteiger charge is 2.28. The Hall–Kier alpha value is -3.72. The molecular weight excluding hydrogens is 468 g/mol. The number of rotatable bonds is 11. The van der Waals surface area contributed by atoms with Crippen LogP contribution in [0.2, 0.25) is 0 Å². The first-order valence-corrected chi connectivity index (χ1v) is 12.3. The quantitative estimate of drug-likeness (QED) is 0.142. The fourth-order valence-electron chi connectivity index (χ4n) is 3.57. The minimum absolute atomic E-state index is 0.0183. The number of benzene rings is 2. The normalized spacial score (nSPS) is 11.5. The molecule has 0 fully saturated rings. The number of anilines is 1. The van der Waals surface area contributed by atoms with Crippen LogP contribution in [-0.2, 0) is 9.53 Å². The Morgan fingerprint density at radius 3 is 2.37 bits per heavy atom. The Labute approximate surface area is 208 Å². The molecule has 3 rings (SSSR count). The van der Waals surface area contributed by atoms with Gasteiger partial charge in [0.1, 0.15) is 16.8 Å². The van der Waals surface area contributed by atoms with Crippen molar-refractivity contribution >= 4 is 34.0 Å². The second kappa shape index (κ2) is 12.1. The van der Waals surface area contributed by atoms with Crippen LogP contribution >= 0.6 is 11.3 Å². The van der Waals surface area contributed by atoms with Crippen molar-refractivity contribution in [1.29, 1.82) is 0 Å². The Bertz CT molecular complexity index is 1170. The lowest BCUT2D eigenvalue weighted by Gasteiger charge is -2.18. The van der Waals surface area contributed by atoms with Crippen LogP contribution in [-0.4, -0.2) is 29.5 Å². The van der Waals surface area contributed by atoms with Crippen LogP contribution in [0.4, 0.5) is 10.7 Å². The molecule has 2 aromatic carbocycles. The highest BCUT2D eigenvalue weighted by Crippen LogP contribution is 2.41. The SMILES string of the molecule is CCCCC(Nc1sc(-c2ccc([N+](=O)[O-])cc2)c(C)c1C(=O)OCC)C(=O)Oc1ccccc1. The lowest BCUT2D eigenvalue weighted by molar-refractivity contribution is -0.384. The van der Waals surface area contributed by atoms with Gasteiger partial charge in [-0.1, -0.05) is 38.0 Å². The van der Waals surface area contributed by atoms with E-state index in [1.165, 1.54) is 23.5 Å². The number of hydrogen-bond donors (Lipinski definition) is 1. The molecule has 184 valence electrons. The first-order chi connectivity index (χ1) is 16.8. The third-order valence-electron chi connectivity index (χ3n) is 5.36. The van der Waals surface area contributed by atoms with Gasteiger partial charge in [-0.3, -0.25) is 10.1 Å². The molecule has 1 heterocycles. The zero-order valence-electron chi connectivity index (χ0n) is 19.9. The summed E-state index contributed by atoms with van der Waals surface area (Å²) in [4.78, 5) is 37.2. The van der Waals surface area contributed by atoms with Gasteiger partial charge in [0.15, 0.2) is 0 Å². The molecule has 0 radical (unpaired) electrons. The summed E-state index contributed by atoms with van der Waals surface area (Å²) in [7, 11) is 0. The number of nitrogens with zero attached hydrogens (tertiary/aromatic N) is 1. The fraction of sp³-hybridized carbons (Fsp3) is 0.308. The Balaban J connectivity index is 1.97. The molecule has 3 aromatic rings. The van der Waals surface area contributed by atoms with Crippen molar-refractivity contribution in [2.24, 2.45) is 0 Å². The van der Waals surface area contributed by atoms with E-state index < -0.39 is 22.9 Å². The van der Waals surface area contributed by atoms with Crippen LogP contribution in [0.15, 0.2) is 54.6 Å². The predicted molar refractivity (Wildman–Crippen MR) is 136 cm³/mol. The zero-order valence-corrected chi connectivity index (χ0v) is 20.7. The standard InChI is InChI=1S/C26H28N2O6S/c1-4-6-12-21(25(29)34-20-10-8-7-9-11-20)27-24-22(26(30)33-5-2)17(3)23(35-24)18-13-15-19(16-14-18)28(31)32/h7-11,13-16,21,27H,4-6,12H2,1-3H3. The largest absolute Gasteiger partial charge is 0.462 e. The van der Waals surface area contributed by atoms with Crippen molar-refractivity contribution in [3.63, 3.8) is 0 Å². The second-order valence-electron chi connectivity index (χ2n) is 7.86. The maximum atomic E-state index is 13.0. The molecule has 35 heavy (non-hydrogen) atoms. The van der Waals surface area contributed by atoms with Crippen molar-refractivity contribution in [1.82, 2.24) is 0 Å². The topological polar surface area (TPSA) is 108 Å². The number of carbonyl (C=O) groups is 2. The molecule has 0 aliphatic heterocycles. The number of unbranched alkanes of at least 4 members (excludes halogenated alkanes) is 1. The van der Waals surface area contributed by atoms with Crippen molar-refractivity contribution in [3.8, 4) is 16.2 Å². The molecule has 9 heteroatoms. The van der Waals surface area contributed by atoms with E-state index in [1.54, 1.807) is 50.2 Å². The van der Waals surface area contributed by atoms with Gasteiger partial charge in [0.05, 0.1) is 17.1 Å². The van der Waals surface area contributed by atoms with Crippen molar-refractivity contribution in [2.45, 2.75) is 46.1 Å². The van der Waals surface area contributed by atoms with Crippen LogP contribution < -0.4 is 10.1 Å². The molecule has 0 aliphatic carbocycles. The zero-order chi connectivity index (χ0) is 25.4. The number of carbonyl (C=O) groups excluding carboxylic acids is 2. The van der Waals surface area contributed by atoms with E-state index in [-0.39, 0.29) is 12.3 Å². The van der Waals surface area contributed by atoms with Crippen LogP contribution in [0.25, 0.3) is 10.4 Å². The summed E-state index contributed by atoms with van der Waals surface area (Å²) in [6.45, 7) is 5.76. The maximum absolute atomic E-state index is 13.0. The van der Waals surface area contributed by atoms with E-state index in [1.807, 2.05) is 13.0 Å². The van der Waals surface area contributed by atoms with Crippen LogP contribution in [0.3, 0.4) is 0 Å². The van der Waals surface area contributed by atoms with Crippen molar-refractivity contribution in [3.05, 3.63) is 75.8 Å². The molecule has 0 saturated heterocycles. The highest BCUT2D eigenvalue weighted by molar-refractivity contribution is 7.20. The van der Waals surface area contributed by atoms with Crippen LogP contribution in [0.5, 0.6) is 5.75 Å². The number of para-hydroxylation sites is 1. The summed E-state index contributed by atoms with van der Waals surface area (Å²) in [5.41, 5.74) is 1.73. The number of ether oxygens (including phenoxy) is 2. The molecule has 1 aromatic heterocycles. The monoisotopic (exact) mass is 496 g/mol. The van der Waals surface area contributed by atoms with Gasteiger partial charge < -0.3 is 14.8 Å². The first-order valence-electron chi connectivity index (χ1n) is 11.4. The molecule has 1 N–H and O–H groups in total. The molecule has 1 atom stereocenters. The maximum Gasteiger partial charge on any atom is 0.341 e. The number of nitro benzene ring substituents is 1. The van der Waals surface area contributed by atoms with Crippen LogP contribution in [0.1, 0.15) is 49.0 Å². The molecule has 8 nitrogen and oxygen atoms in total. The van der Waals surface area contributed by atoms with Gasteiger partial charge in [0, 0.05) is 17.0 Å². The molecule has 0 saturated carbocycles.